The SMILES string of the molecule is Cc1c(=O)ccn2c1c(=S)n1c3cc(-n4cccc4)ccc3nc21.Cc1c(=O)ccn2c1c(=S)n1c3ccc(-n4cccc4)cc3nc21. The van der Waals surface area contributed by atoms with Gasteiger partial charge in [-0.1, -0.05) is 24.4 Å². The van der Waals surface area contributed by atoms with Gasteiger partial charge in [-0.05, 0) is 74.5 Å². The lowest BCUT2D eigenvalue weighted by Crippen LogP contribution is -2.05. The summed E-state index contributed by atoms with van der Waals surface area (Å²) in [6.07, 6.45) is 11.5. The number of pyridine rings is 2. The Morgan fingerprint density at radius 1 is 0.542 bits per heavy atom. The van der Waals surface area contributed by atoms with Crippen LogP contribution in [0.3, 0.4) is 0 Å². The van der Waals surface area contributed by atoms with Crippen LogP contribution in [0.4, 0.5) is 0 Å². The van der Waals surface area contributed by atoms with Crippen molar-refractivity contribution in [1.82, 2.24) is 36.7 Å². The van der Waals surface area contributed by atoms with Crippen LogP contribution in [-0.4, -0.2) is 36.7 Å². The van der Waals surface area contributed by atoms with Gasteiger partial charge in [-0.25, -0.2) is 9.97 Å². The maximum Gasteiger partial charge on any atom is 0.220 e. The fraction of sp³-hybridized carbons (Fsp3) is 0.0556. The molecule has 0 bridgehead atoms. The second kappa shape index (κ2) is 10.3. The van der Waals surface area contributed by atoms with E-state index in [-0.39, 0.29) is 10.9 Å². The van der Waals surface area contributed by atoms with E-state index >= 15 is 0 Å². The van der Waals surface area contributed by atoms with E-state index in [1.165, 1.54) is 0 Å². The fourth-order valence-electron chi connectivity index (χ4n) is 6.52. The van der Waals surface area contributed by atoms with Crippen LogP contribution >= 0.6 is 24.4 Å². The molecule has 0 amide bonds. The van der Waals surface area contributed by atoms with Gasteiger partial charge in [-0.15, -0.1) is 0 Å². The lowest BCUT2D eigenvalue weighted by atomic mass is 10.2. The molecule has 0 N–H and O–H groups in total. The molecule has 2 aromatic carbocycles. The molecule has 0 saturated heterocycles. The van der Waals surface area contributed by atoms with E-state index < -0.39 is 0 Å². The smallest absolute Gasteiger partial charge is 0.220 e. The van der Waals surface area contributed by atoms with Crippen LogP contribution in [0.25, 0.3) is 56.0 Å². The highest BCUT2D eigenvalue weighted by molar-refractivity contribution is 7.71. The lowest BCUT2D eigenvalue weighted by Gasteiger charge is -2.02. The highest BCUT2D eigenvalue weighted by Crippen LogP contribution is 2.26. The first-order chi connectivity index (χ1) is 23.3. The Morgan fingerprint density at radius 3 is 1.58 bits per heavy atom. The predicted octanol–water partition coefficient (Wildman–Crippen LogP) is 6.73. The van der Waals surface area contributed by atoms with Crippen LogP contribution in [-0.2, 0) is 0 Å². The zero-order valence-corrected chi connectivity index (χ0v) is 27.2. The minimum atomic E-state index is -0.00770. The maximum atomic E-state index is 12.0. The van der Waals surface area contributed by atoms with Gasteiger partial charge in [0.05, 0.1) is 33.1 Å². The van der Waals surface area contributed by atoms with Crippen molar-refractivity contribution in [2.24, 2.45) is 0 Å². The van der Waals surface area contributed by atoms with Crippen LogP contribution in [0.1, 0.15) is 11.1 Å². The molecule has 0 aliphatic rings. The summed E-state index contributed by atoms with van der Waals surface area (Å²) in [7, 11) is 0. The Hall–Kier alpha value is -5.98. The molecule has 48 heavy (non-hydrogen) atoms. The first-order valence-electron chi connectivity index (χ1n) is 15.2. The standard InChI is InChI=1S/2C18H12N4OS/c1-11-15(23)6-9-21-16(11)17(24)22-14-5-4-12(20-7-2-3-8-20)10-13(14)19-18(21)22;1-11-15(23)6-9-21-16(11)17(24)22-14-10-12(20-7-2-3-8-20)4-5-13(14)19-18(21)22/h2*2-10H,1H3. The average Bonchev–Trinajstić information content (AvgIpc) is 3.94. The van der Waals surface area contributed by atoms with Gasteiger partial charge in [-0.2, -0.15) is 0 Å². The van der Waals surface area contributed by atoms with Gasteiger partial charge < -0.3 is 9.13 Å². The third-order valence-corrected chi connectivity index (χ3v) is 9.72. The average molecular weight is 665 g/mol. The third-order valence-electron chi connectivity index (χ3n) is 8.97. The van der Waals surface area contributed by atoms with Gasteiger partial charge in [0.1, 0.15) is 9.28 Å². The van der Waals surface area contributed by atoms with E-state index in [1.807, 2.05) is 106 Å². The normalized spacial score (nSPS) is 11.9. The first kappa shape index (κ1) is 28.3. The van der Waals surface area contributed by atoms with Gasteiger partial charge >= 0.3 is 0 Å². The lowest BCUT2D eigenvalue weighted by molar-refractivity contribution is 1.08. The van der Waals surface area contributed by atoms with Crippen LogP contribution < -0.4 is 10.9 Å². The second-order valence-electron chi connectivity index (χ2n) is 11.7. The monoisotopic (exact) mass is 664 g/mol. The summed E-state index contributed by atoms with van der Waals surface area (Å²) in [5.74, 6) is 1.47. The summed E-state index contributed by atoms with van der Waals surface area (Å²) < 4.78 is 13.0. The van der Waals surface area contributed by atoms with Gasteiger partial charge in [0, 0.05) is 71.8 Å². The van der Waals surface area contributed by atoms with Crippen molar-refractivity contribution < 1.29 is 0 Å². The minimum absolute atomic E-state index is 0.00597. The van der Waals surface area contributed by atoms with E-state index in [0.717, 1.165) is 56.0 Å². The van der Waals surface area contributed by atoms with Crippen molar-refractivity contribution in [1.29, 1.82) is 0 Å². The molecule has 12 heteroatoms. The van der Waals surface area contributed by atoms with Crippen LogP contribution in [0, 0.1) is 23.1 Å². The van der Waals surface area contributed by atoms with Crippen molar-refractivity contribution in [3.63, 3.8) is 0 Å². The van der Waals surface area contributed by atoms with Crippen molar-refractivity contribution in [2.45, 2.75) is 13.8 Å². The van der Waals surface area contributed by atoms with Crippen molar-refractivity contribution >= 4 is 69.1 Å². The summed E-state index contributed by atoms with van der Waals surface area (Å²) in [6, 6.07) is 23.3. The molecule has 10 nitrogen and oxygen atoms in total. The molecule has 0 saturated carbocycles. The quantitative estimate of drug-likeness (QED) is 0.191. The highest BCUT2D eigenvalue weighted by Gasteiger charge is 2.17. The van der Waals surface area contributed by atoms with Crippen LogP contribution in [0.5, 0.6) is 0 Å². The van der Waals surface area contributed by atoms with Gasteiger partial charge in [-0.3, -0.25) is 27.2 Å². The molecule has 0 aliphatic heterocycles. The predicted molar refractivity (Wildman–Crippen MR) is 192 cm³/mol. The molecule has 0 unspecified atom stereocenters. The Morgan fingerprint density at radius 2 is 1.02 bits per heavy atom. The highest BCUT2D eigenvalue weighted by atomic mass is 32.1. The minimum Gasteiger partial charge on any atom is -0.324 e. The Balaban J connectivity index is 0.000000131. The van der Waals surface area contributed by atoms with Crippen molar-refractivity contribution in [3.05, 3.63) is 151 Å². The molecule has 8 aromatic heterocycles. The molecule has 0 aliphatic carbocycles. The Labute approximate surface area is 280 Å². The molecule has 10 aromatic rings. The van der Waals surface area contributed by atoms with Crippen molar-refractivity contribution in [2.75, 3.05) is 0 Å². The molecule has 10 rings (SSSR count). The summed E-state index contributed by atoms with van der Waals surface area (Å²) in [4.78, 5) is 33.4. The largest absolute Gasteiger partial charge is 0.324 e. The zero-order valence-electron chi connectivity index (χ0n) is 25.6. The molecular formula is C36H24N8O2S2. The van der Waals surface area contributed by atoms with Gasteiger partial charge in [0.2, 0.25) is 11.6 Å². The molecule has 0 spiro atoms. The summed E-state index contributed by atoms with van der Waals surface area (Å²) in [6.45, 7) is 3.61. The number of hydrogen-bond donors (Lipinski definition) is 0. The summed E-state index contributed by atoms with van der Waals surface area (Å²) in [5.41, 5.74) is 8.55. The number of hydrogen-bond acceptors (Lipinski definition) is 6. The van der Waals surface area contributed by atoms with Crippen LogP contribution in [0.2, 0.25) is 0 Å². The van der Waals surface area contributed by atoms with Gasteiger partial charge in [0.25, 0.3) is 0 Å². The van der Waals surface area contributed by atoms with Crippen molar-refractivity contribution in [3.8, 4) is 11.4 Å². The van der Waals surface area contributed by atoms with E-state index in [4.69, 9.17) is 34.4 Å². The van der Waals surface area contributed by atoms with E-state index in [1.54, 1.807) is 38.4 Å². The summed E-state index contributed by atoms with van der Waals surface area (Å²) in [5, 5.41) is 0. The summed E-state index contributed by atoms with van der Waals surface area (Å²) >= 11 is 11.3. The molecule has 0 fully saturated rings. The number of aromatic nitrogens is 8. The van der Waals surface area contributed by atoms with Gasteiger partial charge in [0.15, 0.2) is 10.9 Å². The van der Waals surface area contributed by atoms with E-state index in [2.05, 4.69) is 6.07 Å². The van der Waals surface area contributed by atoms with E-state index in [0.29, 0.717) is 20.4 Å². The van der Waals surface area contributed by atoms with E-state index in [9.17, 15) is 9.59 Å². The Kier molecular flexibility index (Phi) is 6.04. The fourth-order valence-corrected chi connectivity index (χ4v) is 7.38. The number of imidazole rings is 4. The molecular weight excluding hydrogens is 641 g/mol. The zero-order chi connectivity index (χ0) is 32.8. The number of benzene rings is 2. The number of aryl methyl sites for hydroxylation is 2. The number of fused-ring (bicyclic) bond motifs is 10. The molecule has 0 atom stereocenters. The second-order valence-corrected chi connectivity index (χ2v) is 12.5. The molecule has 8 heterocycles. The number of rotatable bonds is 2. The maximum absolute atomic E-state index is 12.0. The third kappa shape index (κ3) is 3.96. The topological polar surface area (TPSA) is 87.4 Å². The first-order valence-corrected chi connectivity index (χ1v) is 16.0. The Bertz CT molecular complexity index is 3100. The molecule has 0 radical (unpaired) electrons. The molecule has 232 valence electrons. The number of nitrogens with zero attached hydrogens (tertiary/aromatic N) is 8. The van der Waals surface area contributed by atoms with Crippen LogP contribution in [0.15, 0.2) is 120 Å².